The van der Waals surface area contributed by atoms with Crippen LogP contribution in [0.4, 0.5) is 0 Å². The van der Waals surface area contributed by atoms with Crippen molar-refractivity contribution in [3.05, 3.63) is 124 Å². The molecule has 0 saturated heterocycles. The number of carbonyl (C=O) groups is 1. The first kappa shape index (κ1) is 30.3. The second-order valence-corrected chi connectivity index (χ2v) is 10.3. The van der Waals surface area contributed by atoms with Crippen LogP contribution in [-0.2, 0) is 6.61 Å². The van der Waals surface area contributed by atoms with E-state index in [1.165, 1.54) is 0 Å². The van der Waals surface area contributed by atoms with Crippen molar-refractivity contribution < 1.29 is 28.5 Å². The molecule has 9 heteroatoms. The van der Waals surface area contributed by atoms with Crippen LogP contribution >= 0.6 is 11.6 Å². The molecule has 2 N–H and O–H groups in total. The summed E-state index contributed by atoms with van der Waals surface area (Å²) in [6.07, 6.45) is 0.887. The van der Waals surface area contributed by atoms with Crippen LogP contribution in [0.5, 0.6) is 28.7 Å². The summed E-state index contributed by atoms with van der Waals surface area (Å²) in [6, 6.07) is 26.9. The zero-order chi connectivity index (χ0) is 31.1. The van der Waals surface area contributed by atoms with E-state index in [0.717, 1.165) is 17.5 Å². The molecule has 4 aromatic carbocycles. The van der Waals surface area contributed by atoms with E-state index in [9.17, 15) is 10.1 Å². The highest BCUT2D eigenvalue weighted by molar-refractivity contribution is 6.31. The number of ether oxygens (including phenoxy) is 5. The second kappa shape index (κ2) is 13.9. The summed E-state index contributed by atoms with van der Waals surface area (Å²) in [5.74, 6) is 1.24. The van der Waals surface area contributed by atoms with Crippen molar-refractivity contribution in [2.45, 2.75) is 32.8 Å². The molecule has 0 fully saturated rings. The molecule has 1 aliphatic rings. The zero-order valence-corrected chi connectivity index (χ0v) is 25.1. The van der Waals surface area contributed by atoms with Gasteiger partial charge in [0.05, 0.1) is 24.7 Å². The van der Waals surface area contributed by atoms with Crippen LogP contribution < -0.4 is 29.4 Å². The number of hydrogen-bond acceptors (Lipinski definition) is 8. The fraction of sp³-hybridized carbons (Fsp3) is 0.200. The van der Waals surface area contributed by atoms with Crippen LogP contribution in [0.3, 0.4) is 0 Å². The van der Waals surface area contributed by atoms with Gasteiger partial charge in [0.25, 0.3) is 0 Å². The number of allylic oxidation sites excluding steroid dienone is 1. The lowest BCUT2D eigenvalue weighted by atomic mass is 9.83. The molecule has 5 rings (SSSR count). The Hall–Kier alpha value is -5.13. The third-order valence-corrected chi connectivity index (χ3v) is 7.27. The van der Waals surface area contributed by atoms with E-state index < -0.39 is 11.9 Å². The van der Waals surface area contributed by atoms with Crippen LogP contribution in [0.2, 0.25) is 5.02 Å². The van der Waals surface area contributed by atoms with Gasteiger partial charge in [-0.2, -0.15) is 5.26 Å². The third kappa shape index (κ3) is 6.74. The zero-order valence-electron chi connectivity index (χ0n) is 24.3. The van der Waals surface area contributed by atoms with Gasteiger partial charge in [0.1, 0.15) is 35.5 Å². The molecule has 224 valence electrons. The number of nitrogens with two attached hydrogens (primary N) is 1. The summed E-state index contributed by atoms with van der Waals surface area (Å²) in [5.41, 5.74) is 9.12. The maximum atomic E-state index is 12.8. The van der Waals surface area contributed by atoms with Gasteiger partial charge in [-0.3, -0.25) is 0 Å². The highest BCUT2D eigenvalue weighted by atomic mass is 35.5. The van der Waals surface area contributed by atoms with E-state index in [4.69, 9.17) is 41.0 Å². The molecule has 0 amide bonds. The standard InChI is InChI=1S/C35H31ClN2O6/c1-3-17-41-25-12-9-22(10-13-25)35(39)43-26-14-15-27-31(19-26)44-34(38)28(20-37)33(27)23-11-16-30(32(18-23)40-4-2)42-21-24-7-5-6-8-29(24)36/h5-16,18-19,33H,3-4,17,21,38H2,1-2H3. The second-order valence-electron chi connectivity index (χ2n) is 9.91. The number of benzene rings is 4. The minimum Gasteiger partial charge on any atom is -0.494 e. The molecule has 1 heterocycles. The van der Waals surface area contributed by atoms with Gasteiger partial charge < -0.3 is 29.4 Å². The fourth-order valence-electron chi connectivity index (χ4n) is 4.78. The molecule has 0 aliphatic carbocycles. The van der Waals surface area contributed by atoms with Crippen LogP contribution in [-0.4, -0.2) is 19.2 Å². The largest absolute Gasteiger partial charge is 0.494 e. The molecule has 4 aromatic rings. The summed E-state index contributed by atoms with van der Waals surface area (Å²) in [5, 5.41) is 10.6. The van der Waals surface area contributed by atoms with Gasteiger partial charge >= 0.3 is 5.97 Å². The normalized spacial score (nSPS) is 13.7. The van der Waals surface area contributed by atoms with E-state index in [2.05, 4.69) is 6.07 Å². The van der Waals surface area contributed by atoms with Crippen LogP contribution in [0.1, 0.15) is 53.2 Å². The summed E-state index contributed by atoms with van der Waals surface area (Å²) >= 11 is 6.30. The van der Waals surface area contributed by atoms with E-state index >= 15 is 0 Å². The lowest BCUT2D eigenvalue weighted by Crippen LogP contribution is -2.21. The third-order valence-electron chi connectivity index (χ3n) is 6.91. The lowest BCUT2D eigenvalue weighted by molar-refractivity contribution is 0.0734. The number of halogens is 1. The fourth-order valence-corrected chi connectivity index (χ4v) is 4.97. The van der Waals surface area contributed by atoms with Crippen molar-refractivity contribution in [1.29, 1.82) is 5.26 Å². The smallest absolute Gasteiger partial charge is 0.343 e. The van der Waals surface area contributed by atoms with Gasteiger partial charge in [-0.25, -0.2) is 4.79 Å². The highest BCUT2D eigenvalue weighted by Crippen LogP contribution is 2.45. The minimum absolute atomic E-state index is 0.0341. The van der Waals surface area contributed by atoms with Crippen LogP contribution in [0.25, 0.3) is 0 Å². The Morgan fingerprint density at radius 2 is 1.70 bits per heavy atom. The van der Waals surface area contributed by atoms with Crippen molar-refractivity contribution in [3.63, 3.8) is 0 Å². The summed E-state index contributed by atoms with van der Waals surface area (Å²) < 4.78 is 29.0. The molecule has 1 unspecified atom stereocenters. The molecular formula is C35H31ClN2O6. The molecule has 0 spiro atoms. The van der Waals surface area contributed by atoms with E-state index in [-0.39, 0.29) is 23.8 Å². The molecule has 8 nitrogen and oxygen atoms in total. The Morgan fingerprint density at radius 3 is 2.43 bits per heavy atom. The Morgan fingerprint density at radius 1 is 0.932 bits per heavy atom. The molecule has 0 bridgehead atoms. The molecular weight excluding hydrogens is 580 g/mol. The molecule has 0 aromatic heterocycles. The first-order valence-electron chi connectivity index (χ1n) is 14.2. The van der Waals surface area contributed by atoms with Gasteiger partial charge in [0, 0.05) is 22.2 Å². The number of hydrogen-bond donors (Lipinski definition) is 1. The first-order chi connectivity index (χ1) is 21.4. The van der Waals surface area contributed by atoms with Crippen molar-refractivity contribution in [2.75, 3.05) is 13.2 Å². The lowest BCUT2D eigenvalue weighted by Gasteiger charge is -2.27. The van der Waals surface area contributed by atoms with Crippen LogP contribution in [0, 0.1) is 11.3 Å². The number of esters is 1. The average Bonchev–Trinajstić information content (AvgIpc) is 3.03. The van der Waals surface area contributed by atoms with Gasteiger partial charge in [-0.05, 0) is 67.4 Å². The Bertz CT molecular complexity index is 1730. The van der Waals surface area contributed by atoms with Crippen LogP contribution in [0.15, 0.2) is 96.4 Å². The predicted octanol–water partition coefficient (Wildman–Crippen LogP) is 7.54. The first-order valence-corrected chi connectivity index (χ1v) is 14.6. The monoisotopic (exact) mass is 610 g/mol. The average molecular weight is 611 g/mol. The number of nitriles is 1. The Labute approximate surface area is 261 Å². The number of carbonyl (C=O) groups excluding carboxylic acids is 1. The molecule has 1 aliphatic heterocycles. The molecule has 0 saturated carbocycles. The van der Waals surface area contributed by atoms with E-state index in [1.807, 2.05) is 50.2 Å². The van der Waals surface area contributed by atoms with Crippen molar-refractivity contribution in [1.82, 2.24) is 0 Å². The van der Waals surface area contributed by atoms with Gasteiger partial charge in [-0.15, -0.1) is 0 Å². The predicted molar refractivity (Wildman–Crippen MR) is 166 cm³/mol. The maximum absolute atomic E-state index is 12.8. The number of nitrogens with zero attached hydrogens (tertiary/aromatic N) is 1. The maximum Gasteiger partial charge on any atom is 0.343 e. The minimum atomic E-state index is -0.555. The van der Waals surface area contributed by atoms with Crippen molar-refractivity contribution >= 4 is 17.6 Å². The quantitative estimate of drug-likeness (QED) is 0.137. The van der Waals surface area contributed by atoms with Gasteiger partial charge in [0.2, 0.25) is 5.88 Å². The van der Waals surface area contributed by atoms with E-state index in [0.29, 0.717) is 52.4 Å². The summed E-state index contributed by atoms with van der Waals surface area (Å²) in [6.45, 7) is 5.16. The van der Waals surface area contributed by atoms with Crippen molar-refractivity contribution in [3.8, 4) is 34.8 Å². The SMILES string of the molecule is CCCOc1ccc(C(=O)Oc2ccc3c(c2)OC(N)=C(C#N)C3c2ccc(OCc3ccccc3Cl)c(OCC)c2)cc1. The number of rotatable bonds is 11. The van der Waals surface area contributed by atoms with Crippen molar-refractivity contribution in [2.24, 2.45) is 5.73 Å². The Balaban J connectivity index is 1.40. The molecule has 44 heavy (non-hydrogen) atoms. The highest BCUT2D eigenvalue weighted by Gasteiger charge is 2.32. The summed E-state index contributed by atoms with van der Waals surface area (Å²) in [4.78, 5) is 12.8. The van der Waals surface area contributed by atoms with E-state index in [1.54, 1.807) is 48.5 Å². The molecule has 1 atom stereocenters. The van der Waals surface area contributed by atoms with Gasteiger partial charge in [0.15, 0.2) is 11.5 Å². The molecule has 0 radical (unpaired) electrons. The number of fused-ring (bicyclic) bond motifs is 1. The van der Waals surface area contributed by atoms with Gasteiger partial charge in [-0.1, -0.05) is 48.9 Å². The topological polar surface area (TPSA) is 113 Å². The Kier molecular flexibility index (Phi) is 9.58. The summed E-state index contributed by atoms with van der Waals surface area (Å²) in [7, 11) is 0.